The van der Waals surface area contributed by atoms with E-state index in [2.05, 4.69) is 9.98 Å². The number of rotatable bonds is 4. The van der Waals surface area contributed by atoms with Gasteiger partial charge in [-0.05, 0) is 12.8 Å². The summed E-state index contributed by atoms with van der Waals surface area (Å²) in [7, 11) is 3.12. The monoisotopic (exact) mass is 293 g/mol. The summed E-state index contributed by atoms with van der Waals surface area (Å²) < 4.78 is 0. The number of aliphatic imine (C=N–C) groups is 1. The summed E-state index contributed by atoms with van der Waals surface area (Å²) in [6.45, 7) is 2.52. The van der Waals surface area contributed by atoms with Crippen molar-refractivity contribution in [3.63, 3.8) is 0 Å². The second-order valence-corrected chi connectivity index (χ2v) is 5.07. The minimum atomic E-state index is -0.573. The van der Waals surface area contributed by atoms with Gasteiger partial charge in [-0.3, -0.25) is 9.79 Å². The van der Waals surface area contributed by atoms with Gasteiger partial charge in [0.1, 0.15) is 0 Å². The Labute approximate surface area is 123 Å². The standard InChI is InChI=1S/C14H20N4O3/c1-4-9-8-16-12-10(11(9)15-6-5-7-19)13(20)18(3)14(21)17(12)2/h8,10,19H,4-7H2,1-3H3/p+1. The Morgan fingerprint density at radius 1 is 1.33 bits per heavy atom. The molecule has 2 heterocycles. The van der Waals surface area contributed by atoms with Crippen LogP contribution in [0.4, 0.5) is 4.79 Å². The second kappa shape index (κ2) is 6.17. The maximum absolute atomic E-state index is 12.5. The summed E-state index contributed by atoms with van der Waals surface area (Å²) >= 11 is 0. The molecule has 2 N–H and O–H groups in total. The first kappa shape index (κ1) is 15.4. The lowest BCUT2D eigenvalue weighted by atomic mass is 9.89. The van der Waals surface area contributed by atoms with Crippen molar-refractivity contribution in [2.75, 3.05) is 27.2 Å². The minimum absolute atomic E-state index is 0.0632. The van der Waals surface area contributed by atoms with Crippen LogP contribution in [0.15, 0.2) is 16.8 Å². The molecule has 0 aromatic heterocycles. The molecule has 0 saturated carbocycles. The number of urea groups is 1. The van der Waals surface area contributed by atoms with Crippen LogP contribution in [0.1, 0.15) is 19.8 Å². The van der Waals surface area contributed by atoms with Crippen LogP contribution in [0, 0.1) is 5.92 Å². The maximum atomic E-state index is 12.5. The highest BCUT2D eigenvalue weighted by molar-refractivity contribution is 6.31. The number of nitrogens with zero attached hydrogens (tertiary/aromatic N) is 3. The van der Waals surface area contributed by atoms with Gasteiger partial charge < -0.3 is 5.11 Å². The van der Waals surface area contributed by atoms with Crippen molar-refractivity contribution in [1.29, 1.82) is 0 Å². The summed E-state index contributed by atoms with van der Waals surface area (Å²) in [6.07, 6.45) is 3.09. The van der Waals surface area contributed by atoms with Gasteiger partial charge in [0.15, 0.2) is 5.92 Å². The van der Waals surface area contributed by atoms with Crippen molar-refractivity contribution in [2.45, 2.75) is 19.8 Å². The molecule has 0 spiro atoms. The molecule has 1 fully saturated rings. The highest BCUT2D eigenvalue weighted by Crippen LogP contribution is 2.22. The van der Waals surface area contributed by atoms with Gasteiger partial charge in [-0.15, -0.1) is 0 Å². The van der Waals surface area contributed by atoms with E-state index in [4.69, 9.17) is 5.11 Å². The number of aliphatic hydroxyl groups excluding tert-OH is 1. The van der Waals surface area contributed by atoms with Gasteiger partial charge in [-0.2, -0.15) is 4.90 Å². The lowest BCUT2D eigenvalue weighted by molar-refractivity contribution is -0.383. The summed E-state index contributed by atoms with van der Waals surface area (Å²) in [5.74, 6) is -0.304. The molecule has 7 nitrogen and oxygen atoms in total. The molecule has 0 bridgehead atoms. The van der Waals surface area contributed by atoms with Crippen LogP contribution in [0.2, 0.25) is 0 Å². The normalized spacial score (nSPS) is 24.2. The van der Waals surface area contributed by atoms with Gasteiger partial charge in [0.2, 0.25) is 0 Å². The Bertz CT molecular complexity index is 550. The Morgan fingerprint density at radius 3 is 2.67 bits per heavy atom. The lowest BCUT2D eigenvalue weighted by Gasteiger charge is -2.32. The molecule has 114 valence electrons. The van der Waals surface area contributed by atoms with Crippen LogP contribution in [0.25, 0.3) is 0 Å². The van der Waals surface area contributed by atoms with Gasteiger partial charge in [-0.25, -0.2) is 14.7 Å². The van der Waals surface area contributed by atoms with Crippen molar-refractivity contribution in [3.05, 3.63) is 11.8 Å². The molecular formula is C14H21N4O3+. The van der Waals surface area contributed by atoms with Crippen LogP contribution in [-0.2, 0) is 4.79 Å². The molecule has 7 heteroatoms. The maximum Gasteiger partial charge on any atom is 0.417 e. The van der Waals surface area contributed by atoms with E-state index in [0.29, 0.717) is 24.5 Å². The van der Waals surface area contributed by atoms with Gasteiger partial charge >= 0.3 is 6.03 Å². The molecule has 0 aliphatic carbocycles. The first-order chi connectivity index (χ1) is 10.0. The van der Waals surface area contributed by atoms with Crippen molar-refractivity contribution >= 4 is 23.5 Å². The molecule has 2 rings (SSSR count). The van der Waals surface area contributed by atoms with E-state index in [1.807, 2.05) is 6.92 Å². The number of carbonyl (C=O) groups is 2. The average molecular weight is 293 g/mol. The number of allylic oxidation sites excluding steroid dienone is 1. The molecule has 1 atom stereocenters. The number of hydrogen-bond acceptors (Lipinski definition) is 4. The Morgan fingerprint density at radius 2 is 2.05 bits per heavy atom. The van der Waals surface area contributed by atoms with E-state index in [0.717, 1.165) is 16.9 Å². The van der Waals surface area contributed by atoms with E-state index in [9.17, 15) is 9.59 Å². The second-order valence-electron chi connectivity index (χ2n) is 5.07. The minimum Gasteiger partial charge on any atom is -0.396 e. The average Bonchev–Trinajstić information content (AvgIpc) is 2.50. The predicted octanol–water partition coefficient (Wildman–Crippen LogP) is -1.26. The molecule has 21 heavy (non-hydrogen) atoms. The third-order valence-electron chi connectivity index (χ3n) is 3.76. The number of fused-ring (bicyclic) bond motifs is 1. The molecule has 2 aliphatic heterocycles. The fraction of sp³-hybridized carbons (Fsp3) is 0.571. The number of amides is 3. The van der Waals surface area contributed by atoms with Gasteiger partial charge in [0.05, 0.1) is 19.0 Å². The summed E-state index contributed by atoms with van der Waals surface area (Å²) in [5, 5.41) is 8.89. The molecule has 1 saturated heterocycles. The van der Waals surface area contributed by atoms with Crippen molar-refractivity contribution in [2.24, 2.45) is 10.9 Å². The third kappa shape index (κ3) is 2.61. The van der Waals surface area contributed by atoms with Crippen molar-refractivity contribution in [3.8, 4) is 0 Å². The first-order valence-electron chi connectivity index (χ1n) is 7.06. The smallest absolute Gasteiger partial charge is 0.396 e. The van der Waals surface area contributed by atoms with Crippen LogP contribution < -0.4 is 4.99 Å². The fourth-order valence-corrected chi connectivity index (χ4v) is 2.52. The molecule has 3 amide bonds. The molecular weight excluding hydrogens is 272 g/mol. The zero-order valence-electron chi connectivity index (χ0n) is 12.6. The number of carbonyl (C=O) groups excluding carboxylic acids is 2. The number of amidine groups is 1. The topological polar surface area (TPSA) is 87.2 Å². The predicted molar refractivity (Wildman–Crippen MR) is 77.8 cm³/mol. The van der Waals surface area contributed by atoms with Crippen LogP contribution in [0.3, 0.4) is 0 Å². The van der Waals surface area contributed by atoms with E-state index in [1.165, 1.54) is 11.9 Å². The van der Waals surface area contributed by atoms with Crippen LogP contribution >= 0.6 is 0 Å². The summed E-state index contributed by atoms with van der Waals surface area (Å²) in [6, 6.07) is -0.359. The molecule has 2 aliphatic rings. The molecule has 1 unspecified atom stereocenters. The fourth-order valence-electron chi connectivity index (χ4n) is 2.52. The van der Waals surface area contributed by atoms with E-state index in [1.54, 1.807) is 13.2 Å². The lowest BCUT2D eigenvalue weighted by Crippen LogP contribution is -2.80. The van der Waals surface area contributed by atoms with Crippen LogP contribution in [0.5, 0.6) is 0 Å². The molecule has 0 radical (unpaired) electrons. The quantitative estimate of drug-likeness (QED) is 0.634. The largest absolute Gasteiger partial charge is 0.417 e. The Kier molecular flexibility index (Phi) is 4.52. The highest BCUT2D eigenvalue weighted by Gasteiger charge is 2.50. The van der Waals surface area contributed by atoms with E-state index in [-0.39, 0.29) is 18.5 Å². The molecule has 0 aromatic carbocycles. The molecule has 0 aromatic rings. The number of aliphatic hydroxyl groups is 1. The number of imide groups is 1. The van der Waals surface area contributed by atoms with Crippen LogP contribution in [-0.4, -0.2) is 65.6 Å². The van der Waals surface area contributed by atoms with E-state index >= 15 is 0 Å². The first-order valence-corrected chi connectivity index (χ1v) is 7.06. The zero-order chi connectivity index (χ0) is 15.6. The summed E-state index contributed by atoms with van der Waals surface area (Å²) in [5.41, 5.74) is 1.64. The van der Waals surface area contributed by atoms with Crippen molar-refractivity contribution < 1.29 is 19.7 Å². The third-order valence-corrected chi connectivity index (χ3v) is 3.76. The SMILES string of the molecule is CCC1=C[NH+]=C2C(C(=O)N(C)C(=O)N2C)C1=NCCCO. The Balaban J connectivity index is 2.44. The zero-order valence-corrected chi connectivity index (χ0v) is 12.6. The van der Waals surface area contributed by atoms with E-state index < -0.39 is 5.92 Å². The summed E-state index contributed by atoms with van der Waals surface area (Å²) in [4.78, 5) is 34.6. The van der Waals surface area contributed by atoms with Gasteiger partial charge in [0, 0.05) is 25.8 Å². The Hall–Kier alpha value is -2.02. The van der Waals surface area contributed by atoms with Gasteiger partial charge in [-0.1, -0.05) is 6.92 Å². The number of hydrogen-bond donors (Lipinski definition) is 2. The van der Waals surface area contributed by atoms with Crippen molar-refractivity contribution in [1.82, 2.24) is 9.80 Å². The highest BCUT2D eigenvalue weighted by atomic mass is 16.3. The number of nitrogens with one attached hydrogen (secondary N) is 1. The van der Waals surface area contributed by atoms with Gasteiger partial charge in [0.25, 0.3) is 11.7 Å².